The quantitative estimate of drug-likeness (QED) is 0.492. The van der Waals surface area contributed by atoms with Crippen molar-refractivity contribution in [2.45, 2.75) is 38.8 Å². The van der Waals surface area contributed by atoms with Gasteiger partial charge in [-0.15, -0.1) is 0 Å². The molecule has 3 N–H and O–H groups in total. The van der Waals surface area contributed by atoms with E-state index in [2.05, 4.69) is 5.48 Å². The molecule has 1 atom stereocenters. The highest BCUT2D eigenvalue weighted by molar-refractivity contribution is 4.70. The van der Waals surface area contributed by atoms with E-state index in [9.17, 15) is 0 Å². The molecule has 0 aromatic rings. The lowest BCUT2D eigenvalue weighted by Crippen LogP contribution is -2.32. The number of hydrogen-bond donors (Lipinski definition) is 3. The first-order chi connectivity index (χ1) is 3.95. The molecule has 0 saturated heterocycles. The van der Waals surface area contributed by atoms with Crippen LogP contribution >= 0.6 is 0 Å². The van der Waals surface area contributed by atoms with Crippen molar-refractivity contribution in [3.63, 3.8) is 0 Å². The number of rotatable bonds is 3. The fraction of sp³-hybridized carbons (Fsp3) is 1.00. The van der Waals surface area contributed by atoms with Crippen molar-refractivity contribution in [2.75, 3.05) is 0 Å². The Morgan fingerprint density at radius 2 is 2.00 bits per heavy atom. The van der Waals surface area contributed by atoms with Gasteiger partial charge in [0.15, 0.2) is 0 Å². The zero-order valence-electron chi connectivity index (χ0n) is 6.18. The second-order valence-corrected chi connectivity index (χ2v) is 3.05. The van der Waals surface area contributed by atoms with Crippen molar-refractivity contribution >= 4 is 0 Å². The van der Waals surface area contributed by atoms with E-state index in [-0.39, 0.29) is 6.04 Å². The van der Waals surface area contributed by atoms with Crippen LogP contribution in [0, 0.1) is 0 Å². The minimum absolute atomic E-state index is 0.0509. The third-order valence-corrected chi connectivity index (χ3v) is 1.03. The minimum atomic E-state index is -0.699. The molecule has 0 heterocycles. The molecule has 0 aliphatic heterocycles. The Labute approximate surface area is 55.7 Å². The number of hydrogen-bond acceptors (Lipinski definition) is 3. The van der Waals surface area contributed by atoms with Crippen molar-refractivity contribution in [1.82, 2.24) is 5.48 Å². The zero-order chi connectivity index (χ0) is 7.49. The zero-order valence-corrected chi connectivity index (χ0v) is 6.18. The van der Waals surface area contributed by atoms with Crippen LogP contribution in [0.2, 0.25) is 0 Å². The Hall–Kier alpha value is -0.120. The van der Waals surface area contributed by atoms with Crippen LogP contribution in [0.15, 0.2) is 0 Å². The second kappa shape index (κ2) is 3.15. The van der Waals surface area contributed by atoms with Crippen LogP contribution in [0.1, 0.15) is 27.2 Å². The van der Waals surface area contributed by atoms with Gasteiger partial charge in [0.1, 0.15) is 0 Å². The monoisotopic (exact) mass is 133 g/mol. The Morgan fingerprint density at radius 3 is 2.11 bits per heavy atom. The summed E-state index contributed by atoms with van der Waals surface area (Å²) < 4.78 is 0. The van der Waals surface area contributed by atoms with Gasteiger partial charge < -0.3 is 10.3 Å². The average Bonchev–Trinajstić information content (AvgIpc) is 1.62. The summed E-state index contributed by atoms with van der Waals surface area (Å²) in [5, 5.41) is 17.5. The molecule has 0 spiro atoms. The van der Waals surface area contributed by atoms with Crippen LogP contribution in [0.25, 0.3) is 0 Å². The third-order valence-electron chi connectivity index (χ3n) is 1.03. The second-order valence-electron chi connectivity index (χ2n) is 3.05. The van der Waals surface area contributed by atoms with E-state index >= 15 is 0 Å². The van der Waals surface area contributed by atoms with E-state index in [1.165, 1.54) is 0 Å². The molecule has 0 aliphatic rings. The Balaban J connectivity index is 3.47. The molecule has 56 valence electrons. The molecule has 0 radical (unpaired) electrons. The molecule has 0 amide bonds. The van der Waals surface area contributed by atoms with E-state index in [0.29, 0.717) is 6.42 Å². The maximum absolute atomic E-state index is 9.17. The average molecular weight is 133 g/mol. The Kier molecular flexibility index (Phi) is 3.11. The molecule has 0 saturated carbocycles. The summed E-state index contributed by atoms with van der Waals surface area (Å²) in [5.74, 6) is 0. The molecule has 0 aromatic heterocycles. The molecule has 3 nitrogen and oxygen atoms in total. The van der Waals surface area contributed by atoms with Crippen LogP contribution in [0.4, 0.5) is 0 Å². The molecule has 0 fully saturated rings. The van der Waals surface area contributed by atoms with Crippen LogP contribution in [0.3, 0.4) is 0 Å². The van der Waals surface area contributed by atoms with Gasteiger partial charge in [0.05, 0.1) is 5.60 Å². The Morgan fingerprint density at radius 1 is 1.56 bits per heavy atom. The van der Waals surface area contributed by atoms with Gasteiger partial charge in [-0.3, -0.25) is 0 Å². The van der Waals surface area contributed by atoms with Crippen molar-refractivity contribution in [3.8, 4) is 0 Å². The van der Waals surface area contributed by atoms with Crippen LogP contribution in [-0.2, 0) is 0 Å². The van der Waals surface area contributed by atoms with E-state index in [0.717, 1.165) is 0 Å². The molecular weight excluding hydrogens is 118 g/mol. The summed E-state index contributed by atoms with van der Waals surface area (Å²) in [4.78, 5) is 0. The highest BCUT2D eigenvalue weighted by Gasteiger charge is 2.15. The molecule has 0 aliphatic carbocycles. The maximum Gasteiger partial charge on any atom is 0.0607 e. The summed E-state index contributed by atoms with van der Waals surface area (Å²) in [5.41, 5.74) is 1.36. The number of nitrogens with one attached hydrogen (secondary N) is 1. The van der Waals surface area contributed by atoms with E-state index in [1.807, 2.05) is 0 Å². The smallest absolute Gasteiger partial charge is 0.0607 e. The molecule has 0 bridgehead atoms. The topological polar surface area (TPSA) is 52.5 Å². The normalized spacial score (nSPS) is 15.7. The predicted molar refractivity (Wildman–Crippen MR) is 35.3 cm³/mol. The molecule has 0 aromatic carbocycles. The lowest BCUT2D eigenvalue weighted by atomic mass is 10.0. The molecule has 0 rings (SSSR count). The van der Waals surface area contributed by atoms with Crippen LogP contribution in [0.5, 0.6) is 0 Å². The van der Waals surface area contributed by atoms with Crippen molar-refractivity contribution in [3.05, 3.63) is 0 Å². The summed E-state index contributed by atoms with van der Waals surface area (Å²) in [6.45, 7) is 5.22. The maximum atomic E-state index is 9.17. The summed E-state index contributed by atoms with van der Waals surface area (Å²) in [6.07, 6.45) is 0.545. The Bertz CT molecular complexity index is 77.6. The fourth-order valence-electron chi connectivity index (χ4n) is 0.795. The highest BCUT2D eigenvalue weighted by Crippen LogP contribution is 2.09. The highest BCUT2D eigenvalue weighted by atomic mass is 16.5. The lowest BCUT2D eigenvalue weighted by Gasteiger charge is -2.20. The van der Waals surface area contributed by atoms with E-state index in [1.54, 1.807) is 20.8 Å². The summed E-state index contributed by atoms with van der Waals surface area (Å²) >= 11 is 0. The van der Waals surface area contributed by atoms with Gasteiger partial charge in [-0.25, -0.2) is 5.48 Å². The molecule has 3 heteroatoms. The third kappa shape index (κ3) is 5.76. The van der Waals surface area contributed by atoms with Crippen LogP contribution in [-0.4, -0.2) is 22.0 Å². The SMILES string of the molecule is CC(CC(C)(C)O)NO. The van der Waals surface area contributed by atoms with Gasteiger partial charge in [0.2, 0.25) is 0 Å². The van der Waals surface area contributed by atoms with E-state index < -0.39 is 5.60 Å². The molecule has 1 unspecified atom stereocenters. The largest absolute Gasteiger partial charge is 0.390 e. The van der Waals surface area contributed by atoms with Crippen molar-refractivity contribution in [1.29, 1.82) is 0 Å². The van der Waals surface area contributed by atoms with Crippen molar-refractivity contribution < 1.29 is 10.3 Å². The van der Waals surface area contributed by atoms with Crippen molar-refractivity contribution in [2.24, 2.45) is 0 Å². The first-order valence-electron chi connectivity index (χ1n) is 3.08. The first kappa shape index (κ1) is 8.88. The van der Waals surface area contributed by atoms with Crippen LogP contribution < -0.4 is 5.48 Å². The van der Waals surface area contributed by atoms with E-state index in [4.69, 9.17) is 10.3 Å². The number of aliphatic hydroxyl groups is 1. The standard InChI is InChI=1S/C6H15NO2/c1-5(7-9)4-6(2,3)8/h5,7-9H,4H2,1-3H3. The summed E-state index contributed by atoms with van der Waals surface area (Å²) in [7, 11) is 0. The predicted octanol–water partition coefficient (Wildman–Crippen LogP) is 0.515. The van der Waals surface area contributed by atoms with Gasteiger partial charge >= 0.3 is 0 Å². The molecular formula is C6H15NO2. The minimum Gasteiger partial charge on any atom is -0.390 e. The first-order valence-corrected chi connectivity index (χ1v) is 3.08. The van der Waals surface area contributed by atoms with Gasteiger partial charge in [0.25, 0.3) is 0 Å². The number of hydroxylamine groups is 1. The van der Waals surface area contributed by atoms with Gasteiger partial charge in [-0.1, -0.05) is 0 Å². The van der Waals surface area contributed by atoms with Gasteiger partial charge in [-0.2, -0.15) is 0 Å². The molecule has 9 heavy (non-hydrogen) atoms. The fourth-order valence-corrected chi connectivity index (χ4v) is 0.795. The van der Waals surface area contributed by atoms with Gasteiger partial charge in [0, 0.05) is 6.04 Å². The lowest BCUT2D eigenvalue weighted by molar-refractivity contribution is 0.0338. The van der Waals surface area contributed by atoms with Gasteiger partial charge in [-0.05, 0) is 27.2 Å². The summed E-state index contributed by atoms with van der Waals surface area (Å²) in [6, 6.07) is -0.0509.